The smallest absolute Gasteiger partial charge is 0.179 e. The highest BCUT2D eigenvalue weighted by Crippen LogP contribution is 2.59. The van der Waals surface area contributed by atoms with Crippen molar-refractivity contribution in [1.82, 2.24) is 0 Å². The zero-order chi connectivity index (χ0) is 23.6. The number of alkyl halides is 1. The summed E-state index contributed by atoms with van der Waals surface area (Å²) in [6.45, 7) is 4.54. The number of Topliss-reactive ketones (excluding diaryl/α,β-unsaturated/α-hetero) is 2. The van der Waals surface area contributed by atoms with Gasteiger partial charge in [-0.1, -0.05) is 43.3 Å². The molecule has 0 heterocycles. The van der Waals surface area contributed by atoms with Crippen LogP contribution < -0.4 is 4.74 Å². The minimum atomic E-state index is -1.49. The summed E-state index contributed by atoms with van der Waals surface area (Å²) in [5, 5.41) is 11.3. The van der Waals surface area contributed by atoms with Crippen molar-refractivity contribution < 1.29 is 19.4 Å². The molecule has 2 saturated carbocycles. The number of ketones is 2. The van der Waals surface area contributed by atoms with Crippen LogP contribution in [0.2, 0.25) is 0 Å². The number of ether oxygens (including phenoxy) is 1. The molecule has 176 valence electrons. The summed E-state index contributed by atoms with van der Waals surface area (Å²) in [5.74, 6) is 0.714. The second kappa shape index (κ2) is 9.60. The van der Waals surface area contributed by atoms with Crippen molar-refractivity contribution >= 4 is 23.2 Å². The van der Waals surface area contributed by atoms with Gasteiger partial charge in [0.25, 0.3) is 0 Å². The van der Waals surface area contributed by atoms with Gasteiger partial charge in [-0.3, -0.25) is 9.59 Å². The number of aliphatic hydroxyl groups is 1. The number of halogens is 1. The highest BCUT2D eigenvalue weighted by Gasteiger charge is 2.63. The number of hydrogen-bond acceptors (Lipinski definition) is 4. The predicted octanol–water partition coefficient (Wildman–Crippen LogP) is 5.44. The van der Waals surface area contributed by atoms with E-state index in [-0.39, 0.29) is 35.7 Å². The van der Waals surface area contributed by atoms with Gasteiger partial charge in [0.05, 0.1) is 5.88 Å². The first kappa shape index (κ1) is 24.0. The van der Waals surface area contributed by atoms with E-state index in [1.54, 1.807) is 0 Å². The number of rotatable bonds is 8. The molecule has 4 nitrogen and oxygen atoms in total. The third-order valence-electron chi connectivity index (χ3n) is 8.14. The van der Waals surface area contributed by atoms with Crippen LogP contribution in [0.1, 0.15) is 55.7 Å². The third kappa shape index (κ3) is 4.61. The Morgan fingerprint density at radius 1 is 1.21 bits per heavy atom. The first-order valence-electron chi connectivity index (χ1n) is 11.9. The van der Waals surface area contributed by atoms with Crippen molar-refractivity contribution in [1.29, 1.82) is 0 Å². The maximum absolute atomic E-state index is 12.7. The highest BCUT2D eigenvalue weighted by molar-refractivity contribution is 6.29. The van der Waals surface area contributed by atoms with E-state index in [1.165, 1.54) is 11.1 Å². The molecule has 0 amide bonds. The zero-order valence-corrected chi connectivity index (χ0v) is 20.2. The molecule has 33 heavy (non-hydrogen) atoms. The summed E-state index contributed by atoms with van der Waals surface area (Å²) >= 11 is 5.82. The van der Waals surface area contributed by atoms with E-state index in [1.807, 2.05) is 43.3 Å². The minimum Gasteiger partial charge on any atom is -0.489 e. The molecular formula is C28H33ClO4. The van der Waals surface area contributed by atoms with Gasteiger partial charge < -0.3 is 9.84 Å². The molecule has 3 unspecified atom stereocenters. The number of hydrogen-bond donors (Lipinski definition) is 1. The van der Waals surface area contributed by atoms with Crippen LogP contribution >= 0.6 is 11.6 Å². The molecule has 0 aromatic heterocycles. The van der Waals surface area contributed by atoms with E-state index in [0.717, 1.165) is 30.6 Å². The van der Waals surface area contributed by atoms with Crippen LogP contribution in [-0.4, -0.2) is 28.2 Å². The van der Waals surface area contributed by atoms with Crippen LogP contribution in [0, 0.1) is 24.2 Å². The monoisotopic (exact) mass is 468 g/mol. The average molecular weight is 469 g/mol. The van der Waals surface area contributed by atoms with Crippen molar-refractivity contribution in [2.24, 2.45) is 17.3 Å². The van der Waals surface area contributed by atoms with Crippen LogP contribution in [0.4, 0.5) is 0 Å². The van der Waals surface area contributed by atoms with E-state index in [9.17, 15) is 14.7 Å². The Morgan fingerprint density at radius 2 is 1.97 bits per heavy atom. The van der Waals surface area contributed by atoms with E-state index >= 15 is 0 Å². The average Bonchev–Trinajstić information content (AvgIpc) is 3.08. The summed E-state index contributed by atoms with van der Waals surface area (Å²) in [7, 11) is 0. The molecule has 5 heteroatoms. The molecule has 0 radical (unpaired) electrons. The molecule has 0 saturated heterocycles. The number of carbonyl (C=O) groups is 2. The molecule has 2 aromatic rings. The molecule has 2 aromatic carbocycles. The van der Waals surface area contributed by atoms with Crippen molar-refractivity contribution in [2.75, 3.05) is 5.88 Å². The Hall–Kier alpha value is -2.17. The van der Waals surface area contributed by atoms with E-state index in [2.05, 4.69) is 19.1 Å². The van der Waals surface area contributed by atoms with Gasteiger partial charge in [-0.2, -0.15) is 0 Å². The van der Waals surface area contributed by atoms with Crippen LogP contribution in [0.3, 0.4) is 0 Å². The largest absolute Gasteiger partial charge is 0.489 e. The first-order valence-corrected chi connectivity index (χ1v) is 12.4. The van der Waals surface area contributed by atoms with Crippen molar-refractivity contribution in [2.45, 2.75) is 64.6 Å². The maximum atomic E-state index is 12.7. The Kier molecular flexibility index (Phi) is 6.97. The molecule has 2 fully saturated rings. The van der Waals surface area contributed by atoms with Crippen LogP contribution in [0.5, 0.6) is 5.75 Å². The van der Waals surface area contributed by atoms with E-state index in [0.29, 0.717) is 19.4 Å². The third-order valence-corrected chi connectivity index (χ3v) is 8.38. The van der Waals surface area contributed by atoms with Crippen molar-refractivity contribution in [3.05, 3.63) is 65.2 Å². The molecule has 1 N–H and O–H groups in total. The van der Waals surface area contributed by atoms with Crippen LogP contribution in [-0.2, 0) is 22.6 Å². The van der Waals surface area contributed by atoms with Gasteiger partial charge in [0.15, 0.2) is 5.78 Å². The van der Waals surface area contributed by atoms with E-state index < -0.39 is 11.0 Å². The van der Waals surface area contributed by atoms with Gasteiger partial charge in [-0.25, -0.2) is 0 Å². The Balaban J connectivity index is 1.46. The van der Waals surface area contributed by atoms with Gasteiger partial charge in [0.1, 0.15) is 23.7 Å². The van der Waals surface area contributed by atoms with Crippen LogP contribution in [0.25, 0.3) is 0 Å². The molecule has 0 bridgehead atoms. The lowest BCUT2D eigenvalue weighted by Gasteiger charge is -2.47. The van der Waals surface area contributed by atoms with Crippen molar-refractivity contribution in [3.8, 4) is 5.75 Å². The van der Waals surface area contributed by atoms with Crippen LogP contribution in [0.15, 0.2) is 48.5 Å². The summed E-state index contributed by atoms with van der Waals surface area (Å²) in [6.07, 6.45) is 3.61. The molecular weight excluding hydrogens is 436 g/mol. The molecule has 0 aliphatic heterocycles. The quantitative estimate of drug-likeness (QED) is 0.524. The minimum absolute atomic E-state index is 0.137. The molecule has 0 spiro atoms. The van der Waals surface area contributed by atoms with Gasteiger partial charge in [-0.05, 0) is 73.3 Å². The lowest BCUT2D eigenvalue weighted by molar-refractivity contribution is -0.157. The Labute approximate surface area is 201 Å². The Bertz CT molecular complexity index is 1020. The SMILES string of the molecule is Cc1ccc(OCc2ccccc2)cc1CCC1CC(=O)CC2(C)C1CC[C@]2(O)C(=O)CCl. The fourth-order valence-electron chi connectivity index (χ4n) is 6.19. The summed E-state index contributed by atoms with van der Waals surface area (Å²) in [4.78, 5) is 25.2. The molecule has 4 rings (SSSR count). The Morgan fingerprint density at radius 3 is 2.70 bits per heavy atom. The molecule has 2 aliphatic carbocycles. The zero-order valence-electron chi connectivity index (χ0n) is 19.5. The molecule has 4 atom stereocenters. The van der Waals surface area contributed by atoms with Crippen molar-refractivity contribution in [3.63, 3.8) is 0 Å². The van der Waals surface area contributed by atoms with Gasteiger partial charge in [0.2, 0.25) is 0 Å². The normalized spacial score (nSPS) is 29.0. The fraction of sp³-hybridized carbons (Fsp3) is 0.500. The summed E-state index contributed by atoms with van der Waals surface area (Å²) < 4.78 is 6.01. The summed E-state index contributed by atoms with van der Waals surface area (Å²) in [6, 6.07) is 16.3. The van der Waals surface area contributed by atoms with Gasteiger partial charge in [-0.15, -0.1) is 11.6 Å². The summed E-state index contributed by atoms with van der Waals surface area (Å²) in [5.41, 5.74) is 1.32. The predicted molar refractivity (Wildman–Crippen MR) is 130 cm³/mol. The first-order chi connectivity index (χ1) is 15.8. The lowest BCUT2D eigenvalue weighted by atomic mass is 9.58. The van der Waals surface area contributed by atoms with E-state index in [4.69, 9.17) is 16.3 Å². The second-order valence-corrected chi connectivity index (χ2v) is 10.3. The number of aryl methyl sites for hydroxylation is 2. The van der Waals surface area contributed by atoms with Gasteiger partial charge in [0, 0.05) is 18.3 Å². The fourth-order valence-corrected chi connectivity index (χ4v) is 6.41. The second-order valence-electron chi connectivity index (χ2n) is 10.1. The molecule has 2 aliphatic rings. The number of fused-ring (bicyclic) bond motifs is 1. The topological polar surface area (TPSA) is 63.6 Å². The highest BCUT2D eigenvalue weighted by atomic mass is 35.5. The van der Waals surface area contributed by atoms with Gasteiger partial charge >= 0.3 is 0 Å². The lowest BCUT2D eigenvalue weighted by Crippen LogP contribution is -2.55. The number of carbonyl (C=O) groups excluding carboxylic acids is 2. The standard InChI is InChI=1S/C28H33ClO4/c1-19-8-11-24(33-18-20-6-4-3-5-7-20)15-21(19)9-10-22-14-23(30)16-27(2)25(22)12-13-28(27,32)26(31)17-29/h3-8,11,15,22,25,32H,9-10,12-14,16-18H2,1-2H3/t22?,25?,27?,28-/m0/s1. The number of benzene rings is 2. The maximum Gasteiger partial charge on any atom is 0.179 e.